The van der Waals surface area contributed by atoms with Gasteiger partial charge in [-0.2, -0.15) is 0 Å². The van der Waals surface area contributed by atoms with Crippen LogP contribution in [0.2, 0.25) is 0 Å². The van der Waals surface area contributed by atoms with Gasteiger partial charge in [0.2, 0.25) is 0 Å². The molecule has 4 heteroatoms. The van der Waals surface area contributed by atoms with E-state index in [0.29, 0.717) is 42.9 Å². The standard InChI is InChI=1S/C28H46O4/c1-17(2)18(3)7-8-19(4)21-9-10-22-23-15-24(30)28(32)16-20(29)11-12-26(28,6)27(23,31)14-13-25(21,22)5/h7-8,15,17-22,24,29-32H,9-14,16H2,1-6H3/t18-,19+,20-,21+,22-,24-,25+,26+,27+,28-/m0/s1. The molecule has 182 valence electrons. The molecule has 0 amide bonds. The van der Waals surface area contributed by atoms with Crippen LogP contribution in [0, 0.1) is 40.4 Å². The van der Waals surface area contributed by atoms with Gasteiger partial charge in [0.25, 0.3) is 0 Å². The number of aliphatic hydroxyl groups is 4. The molecule has 4 N–H and O–H groups in total. The third-order valence-electron chi connectivity index (χ3n) is 10.9. The smallest absolute Gasteiger partial charge is 0.105 e. The first kappa shape index (κ1) is 24.4. The summed E-state index contributed by atoms with van der Waals surface area (Å²) in [5.74, 6) is 2.45. The average molecular weight is 447 g/mol. The molecule has 0 heterocycles. The lowest BCUT2D eigenvalue weighted by atomic mass is 9.43. The highest BCUT2D eigenvalue weighted by molar-refractivity contribution is 5.40. The van der Waals surface area contributed by atoms with Crippen molar-refractivity contribution in [2.45, 2.75) is 110 Å². The fourth-order valence-electron chi connectivity index (χ4n) is 8.11. The van der Waals surface area contributed by atoms with Gasteiger partial charge in [0, 0.05) is 11.8 Å². The van der Waals surface area contributed by atoms with Crippen molar-refractivity contribution in [3.8, 4) is 0 Å². The van der Waals surface area contributed by atoms with Crippen LogP contribution in [0.15, 0.2) is 23.8 Å². The highest BCUT2D eigenvalue weighted by atomic mass is 16.4. The predicted molar refractivity (Wildman–Crippen MR) is 128 cm³/mol. The summed E-state index contributed by atoms with van der Waals surface area (Å²) in [4.78, 5) is 0. The van der Waals surface area contributed by atoms with E-state index in [4.69, 9.17) is 0 Å². The van der Waals surface area contributed by atoms with Gasteiger partial charge in [0.15, 0.2) is 0 Å². The van der Waals surface area contributed by atoms with Gasteiger partial charge in [-0.1, -0.05) is 59.8 Å². The van der Waals surface area contributed by atoms with E-state index >= 15 is 0 Å². The first-order valence-electron chi connectivity index (χ1n) is 13.0. The van der Waals surface area contributed by atoms with Crippen molar-refractivity contribution in [2.75, 3.05) is 0 Å². The zero-order valence-electron chi connectivity index (χ0n) is 21.0. The van der Waals surface area contributed by atoms with Crippen LogP contribution in [-0.2, 0) is 0 Å². The fourth-order valence-corrected chi connectivity index (χ4v) is 8.11. The SMILES string of the molecule is CC(C)[C@@H](C)C=C[C@@H](C)[C@H]1CC[C@H]2C3=C[C@H](O)[C@@]4(O)C[C@@H](O)CC[C@]4(C)[C@@]3(O)CC[C@]12C. The molecule has 0 aliphatic heterocycles. The minimum atomic E-state index is -1.49. The molecule has 0 bridgehead atoms. The second-order valence-corrected chi connectivity index (χ2v) is 12.7. The lowest BCUT2D eigenvalue weighted by Gasteiger charge is -2.65. The molecule has 0 aromatic carbocycles. The Morgan fingerprint density at radius 2 is 1.62 bits per heavy atom. The maximum absolute atomic E-state index is 12.2. The van der Waals surface area contributed by atoms with Crippen molar-refractivity contribution in [2.24, 2.45) is 40.4 Å². The van der Waals surface area contributed by atoms with Crippen LogP contribution < -0.4 is 0 Å². The Labute approximate surface area is 194 Å². The van der Waals surface area contributed by atoms with E-state index in [1.807, 2.05) is 6.92 Å². The zero-order chi connectivity index (χ0) is 23.7. The highest BCUT2D eigenvalue weighted by Crippen LogP contribution is 2.69. The molecule has 0 spiro atoms. The molecular weight excluding hydrogens is 400 g/mol. The molecule has 10 atom stereocenters. The zero-order valence-corrected chi connectivity index (χ0v) is 21.0. The molecule has 4 aliphatic carbocycles. The molecule has 0 radical (unpaired) electrons. The number of rotatable bonds is 4. The third kappa shape index (κ3) is 3.23. The summed E-state index contributed by atoms with van der Waals surface area (Å²) >= 11 is 0. The van der Waals surface area contributed by atoms with Gasteiger partial charge in [-0.05, 0) is 79.1 Å². The number of allylic oxidation sites excluding steroid dienone is 2. The minimum absolute atomic E-state index is 0.0859. The second-order valence-electron chi connectivity index (χ2n) is 12.7. The Kier molecular flexibility index (Phi) is 6.06. The molecule has 4 rings (SSSR count). The van der Waals surface area contributed by atoms with Crippen LogP contribution in [-0.4, -0.2) is 43.8 Å². The van der Waals surface area contributed by atoms with Crippen molar-refractivity contribution < 1.29 is 20.4 Å². The molecule has 0 aromatic rings. The lowest BCUT2D eigenvalue weighted by molar-refractivity contribution is -0.258. The summed E-state index contributed by atoms with van der Waals surface area (Å²) in [7, 11) is 0. The molecule has 3 saturated carbocycles. The Hall–Kier alpha value is -0.680. The van der Waals surface area contributed by atoms with E-state index in [1.165, 1.54) is 0 Å². The maximum Gasteiger partial charge on any atom is 0.105 e. The molecule has 32 heavy (non-hydrogen) atoms. The molecule has 4 aliphatic rings. The Balaban J connectivity index is 1.67. The van der Waals surface area contributed by atoms with E-state index in [2.05, 4.69) is 46.8 Å². The Morgan fingerprint density at radius 1 is 0.938 bits per heavy atom. The molecule has 0 saturated heterocycles. The number of hydrogen-bond donors (Lipinski definition) is 4. The van der Waals surface area contributed by atoms with E-state index < -0.39 is 28.8 Å². The number of aliphatic hydroxyl groups excluding tert-OH is 2. The van der Waals surface area contributed by atoms with Crippen molar-refractivity contribution >= 4 is 0 Å². The van der Waals surface area contributed by atoms with Crippen LogP contribution in [0.5, 0.6) is 0 Å². The minimum Gasteiger partial charge on any atom is -0.393 e. The van der Waals surface area contributed by atoms with Gasteiger partial charge in [0.05, 0.1) is 11.7 Å². The van der Waals surface area contributed by atoms with Gasteiger partial charge in [-0.25, -0.2) is 0 Å². The number of hydrogen-bond acceptors (Lipinski definition) is 4. The second kappa shape index (κ2) is 7.93. The van der Waals surface area contributed by atoms with Gasteiger partial charge < -0.3 is 20.4 Å². The predicted octanol–water partition coefficient (Wildman–Crippen LogP) is 4.61. The van der Waals surface area contributed by atoms with Crippen molar-refractivity contribution in [3.63, 3.8) is 0 Å². The topological polar surface area (TPSA) is 80.9 Å². The van der Waals surface area contributed by atoms with Crippen molar-refractivity contribution in [3.05, 3.63) is 23.8 Å². The number of fused-ring (bicyclic) bond motifs is 5. The van der Waals surface area contributed by atoms with Crippen molar-refractivity contribution in [1.29, 1.82) is 0 Å². The first-order chi connectivity index (χ1) is 14.8. The van der Waals surface area contributed by atoms with E-state index in [9.17, 15) is 20.4 Å². The largest absolute Gasteiger partial charge is 0.393 e. The fraction of sp³-hybridized carbons (Fsp3) is 0.857. The third-order valence-corrected chi connectivity index (χ3v) is 10.9. The first-order valence-corrected chi connectivity index (χ1v) is 13.0. The average Bonchev–Trinajstić information content (AvgIpc) is 3.07. The summed E-state index contributed by atoms with van der Waals surface area (Å²) in [6, 6.07) is 0. The normalized spacial score (nSPS) is 50.5. The highest BCUT2D eigenvalue weighted by Gasteiger charge is 2.70. The van der Waals surface area contributed by atoms with Gasteiger partial charge >= 0.3 is 0 Å². The molecule has 0 unspecified atom stereocenters. The summed E-state index contributed by atoms with van der Waals surface area (Å²) in [6.07, 6.45) is 9.79. The Morgan fingerprint density at radius 3 is 2.28 bits per heavy atom. The van der Waals surface area contributed by atoms with E-state index in [-0.39, 0.29) is 17.8 Å². The molecule has 0 aromatic heterocycles. The van der Waals surface area contributed by atoms with Gasteiger partial charge in [0.1, 0.15) is 11.7 Å². The molecular formula is C28H46O4. The monoisotopic (exact) mass is 446 g/mol. The summed E-state index contributed by atoms with van der Waals surface area (Å²) in [5, 5.41) is 45.2. The summed E-state index contributed by atoms with van der Waals surface area (Å²) in [6.45, 7) is 13.5. The quantitative estimate of drug-likeness (QED) is 0.475. The van der Waals surface area contributed by atoms with Crippen LogP contribution in [0.1, 0.15) is 86.5 Å². The van der Waals surface area contributed by atoms with Crippen LogP contribution in [0.25, 0.3) is 0 Å². The Bertz CT molecular complexity index is 788. The summed E-state index contributed by atoms with van der Waals surface area (Å²) in [5.41, 5.74) is -2.40. The van der Waals surface area contributed by atoms with E-state index in [0.717, 1.165) is 24.8 Å². The molecule has 3 fully saturated rings. The van der Waals surface area contributed by atoms with Crippen LogP contribution >= 0.6 is 0 Å². The van der Waals surface area contributed by atoms with Crippen molar-refractivity contribution in [1.82, 2.24) is 0 Å². The van der Waals surface area contributed by atoms with Crippen LogP contribution in [0.4, 0.5) is 0 Å². The van der Waals surface area contributed by atoms with Gasteiger partial charge in [-0.3, -0.25) is 0 Å². The van der Waals surface area contributed by atoms with Crippen LogP contribution in [0.3, 0.4) is 0 Å². The van der Waals surface area contributed by atoms with E-state index in [1.54, 1.807) is 6.08 Å². The molecule has 4 nitrogen and oxygen atoms in total. The lowest BCUT2D eigenvalue weighted by Crippen LogP contribution is -2.72. The van der Waals surface area contributed by atoms with Gasteiger partial charge in [-0.15, -0.1) is 0 Å². The summed E-state index contributed by atoms with van der Waals surface area (Å²) < 4.78 is 0. The maximum atomic E-state index is 12.2.